The zero-order chi connectivity index (χ0) is 14.7. The second-order valence-electron chi connectivity index (χ2n) is 7.27. The summed E-state index contributed by atoms with van der Waals surface area (Å²) in [5, 5.41) is 3.63. The Morgan fingerprint density at radius 1 is 1.24 bits per heavy atom. The quantitative estimate of drug-likeness (QED) is 0.889. The minimum absolute atomic E-state index is 0.753. The SMILES string of the molecule is CC(C)CNCC1CCN(c2cccc3c2CCCC3)C1. The number of nitrogens with one attached hydrogen (secondary N) is 1. The molecule has 1 aliphatic heterocycles. The zero-order valence-electron chi connectivity index (χ0n) is 13.7. The predicted molar refractivity (Wildman–Crippen MR) is 91.1 cm³/mol. The average molecular weight is 286 g/mol. The predicted octanol–water partition coefficient (Wildman–Crippen LogP) is 3.64. The van der Waals surface area contributed by atoms with Gasteiger partial charge in [-0.15, -0.1) is 0 Å². The highest BCUT2D eigenvalue weighted by Crippen LogP contribution is 2.33. The van der Waals surface area contributed by atoms with Gasteiger partial charge >= 0.3 is 0 Å². The van der Waals surface area contributed by atoms with Crippen LogP contribution in [0, 0.1) is 11.8 Å². The van der Waals surface area contributed by atoms with Crippen molar-refractivity contribution in [3.63, 3.8) is 0 Å². The van der Waals surface area contributed by atoms with Gasteiger partial charge in [-0.05, 0) is 74.2 Å². The lowest BCUT2D eigenvalue weighted by Gasteiger charge is -2.26. The minimum Gasteiger partial charge on any atom is -0.371 e. The standard InChI is InChI=1S/C19H30N2/c1-15(2)12-20-13-16-10-11-21(14-16)19-9-5-7-17-6-3-4-8-18(17)19/h5,7,9,15-16,20H,3-4,6,8,10-14H2,1-2H3. The largest absolute Gasteiger partial charge is 0.371 e. The van der Waals surface area contributed by atoms with Gasteiger partial charge in [-0.25, -0.2) is 0 Å². The van der Waals surface area contributed by atoms with Gasteiger partial charge in [0.25, 0.3) is 0 Å². The summed E-state index contributed by atoms with van der Waals surface area (Å²) in [6.07, 6.45) is 6.67. The van der Waals surface area contributed by atoms with E-state index >= 15 is 0 Å². The molecular weight excluding hydrogens is 256 g/mol. The average Bonchev–Trinajstić information content (AvgIpc) is 2.95. The van der Waals surface area contributed by atoms with E-state index in [1.165, 1.54) is 51.7 Å². The van der Waals surface area contributed by atoms with Gasteiger partial charge in [0.1, 0.15) is 0 Å². The molecule has 1 N–H and O–H groups in total. The third-order valence-corrected chi connectivity index (χ3v) is 4.98. The minimum atomic E-state index is 0.753. The van der Waals surface area contributed by atoms with Gasteiger partial charge in [0, 0.05) is 18.8 Å². The van der Waals surface area contributed by atoms with Crippen molar-refractivity contribution in [2.24, 2.45) is 11.8 Å². The lowest BCUT2D eigenvalue weighted by Crippen LogP contribution is -2.29. The summed E-state index contributed by atoms with van der Waals surface area (Å²) in [6, 6.07) is 6.97. The Kier molecular flexibility index (Phi) is 4.84. The molecule has 0 spiro atoms. The molecule has 3 rings (SSSR count). The molecular formula is C19H30N2. The van der Waals surface area contributed by atoms with Crippen LogP contribution < -0.4 is 10.2 Å². The first-order chi connectivity index (χ1) is 10.2. The van der Waals surface area contributed by atoms with E-state index in [2.05, 4.69) is 42.3 Å². The third kappa shape index (κ3) is 3.60. The van der Waals surface area contributed by atoms with Gasteiger partial charge in [-0.3, -0.25) is 0 Å². The zero-order valence-corrected chi connectivity index (χ0v) is 13.7. The Hall–Kier alpha value is -1.02. The molecule has 1 saturated heterocycles. The Morgan fingerprint density at radius 3 is 2.95 bits per heavy atom. The molecule has 0 radical (unpaired) electrons. The highest BCUT2D eigenvalue weighted by Gasteiger charge is 2.25. The number of anilines is 1. The van der Waals surface area contributed by atoms with Crippen molar-refractivity contribution in [3.8, 4) is 0 Å². The van der Waals surface area contributed by atoms with Gasteiger partial charge < -0.3 is 10.2 Å². The molecule has 1 heterocycles. The maximum atomic E-state index is 3.63. The number of hydrogen-bond donors (Lipinski definition) is 1. The van der Waals surface area contributed by atoms with Crippen LogP contribution in [0.3, 0.4) is 0 Å². The van der Waals surface area contributed by atoms with Crippen LogP contribution in [0.5, 0.6) is 0 Å². The van der Waals surface area contributed by atoms with Gasteiger partial charge in [0.2, 0.25) is 0 Å². The number of benzene rings is 1. The van der Waals surface area contributed by atoms with E-state index in [9.17, 15) is 0 Å². The molecule has 1 aromatic carbocycles. The number of nitrogens with zero attached hydrogens (tertiary/aromatic N) is 1. The summed E-state index contributed by atoms with van der Waals surface area (Å²) >= 11 is 0. The number of fused-ring (bicyclic) bond motifs is 1. The van der Waals surface area contributed by atoms with Crippen LogP contribution in [-0.4, -0.2) is 26.2 Å². The van der Waals surface area contributed by atoms with E-state index in [0.717, 1.165) is 18.4 Å². The summed E-state index contributed by atoms with van der Waals surface area (Å²) in [5.74, 6) is 1.58. The third-order valence-electron chi connectivity index (χ3n) is 4.98. The number of aryl methyl sites for hydroxylation is 1. The Balaban J connectivity index is 1.61. The molecule has 1 atom stereocenters. The lowest BCUT2D eigenvalue weighted by molar-refractivity contribution is 0.477. The molecule has 0 aromatic heterocycles. The van der Waals surface area contributed by atoms with Crippen molar-refractivity contribution in [3.05, 3.63) is 29.3 Å². The molecule has 2 aliphatic rings. The van der Waals surface area contributed by atoms with Gasteiger partial charge in [-0.1, -0.05) is 26.0 Å². The molecule has 116 valence electrons. The van der Waals surface area contributed by atoms with Crippen molar-refractivity contribution in [1.29, 1.82) is 0 Å². The van der Waals surface area contributed by atoms with E-state index in [1.807, 2.05) is 0 Å². The van der Waals surface area contributed by atoms with Crippen molar-refractivity contribution in [1.82, 2.24) is 5.32 Å². The summed E-state index contributed by atoms with van der Waals surface area (Å²) < 4.78 is 0. The fourth-order valence-corrected chi connectivity index (χ4v) is 3.85. The van der Waals surface area contributed by atoms with Crippen LogP contribution in [0.2, 0.25) is 0 Å². The van der Waals surface area contributed by atoms with Crippen molar-refractivity contribution in [2.75, 3.05) is 31.1 Å². The smallest absolute Gasteiger partial charge is 0.0401 e. The number of hydrogen-bond acceptors (Lipinski definition) is 2. The fourth-order valence-electron chi connectivity index (χ4n) is 3.85. The fraction of sp³-hybridized carbons (Fsp3) is 0.684. The van der Waals surface area contributed by atoms with Gasteiger partial charge in [0.15, 0.2) is 0 Å². The van der Waals surface area contributed by atoms with Crippen LogP contribution in [0.1, 0.15) is 44.2 Å². The summed E-state index contributed by atoms with van der Waals surface area (Å²) in [5.41, 5.74) is 4.80. The molecule has 2 heteroatoms. The highest BCUT2D eigenvalue weighted by molar-refractivity contribution is 5.58. The monoisotopic (exact) mass is 286 g/mol. The molecule has 1 aliphatic carbocycles. The first-order valence-corrected chi connectivity index (χ1v) is 8.80. The molecule has 0 bridgehead atoms. The van der Waals surface area contributed by atoms with Crippen molar-refractivity contribution >= 4 is 5.69 Å². The summed E-state index contributed by atoms with van der Waals surface area (Å²) in [7, 11) is 0. The van der Waals surface area contributed by atoms with E-state index in [0.29, 0.717) is 0 Å². The van der Waals surface area contributed by atoms with Crippen molar-refractivity contribution < 1.29 is 0 Å². The summed E-state index contributed by atoms with van der Waals surface area (Å²) in [4.78, 5) is 2.64. The van der Waals surface area contributed by atoms with Gasteiger partial charge in [-0.2, -0.15) is 0 Å². The number of rotatable bonds is 5. The highest BCUT2D eigenvalue weighted by atomic mass is 15.2. The molecule has 21 heavy (non-hydrogen) atoms. The Morgan fingerprint density at radius 2 is 2.10 bits per heavy atom. The van der Waals surface area contributed by atoms with Gasteiger partial charge in [0.05, 0.1) is 0 Å². The van der Waals surface area contributed by atoms with Crippen LogP contribution in [0.4, 0.5) is 5.69 Å². The van der Waals surface area contributed by atoms with E-state index < -0.39 is 0 Å². The molecule has 1 aromatic rings. The van der Waals surface area contributed by atoms with E-state index in [1.54, 1.807) is 16.8 Å². The first-order valence-electron chi connectivity index (χ1n) is 8.80. The molecule has 2 nitrogen and oxygen atoms in total. The second kappa shape index (κ2) is 6.83. The Bertz CT molecular complexity index is 467. The summed E-state index contributed by atoms with van der Waals surface area (Å²) in [6.45, 7) is 9.38. The molecule has 1 fully saturated rings. The van der Waals surface area contributed by atoms with Crippen LogP contribution in [0.15, 0.2) is 18.2 Å². The first kappa shape index (κ1) is 14.9. The molecule has 0 saturated carbocycles. The topological polar surface area (TPSA) is 15.3 Å². The second-order valence-corrected chi connectivity index (χ2v) is 7.27. The lowest BCUT2D eigenvalue weighted by atomic mass is 9.90. The Labute approximate surface area is 129 Å². The maximum Gasteiger partial charge on any atom is 0.0401 e. The van der Waals surface area contributed by atoms with Crippen LogP contribution in [0.25, 0.3) is 0 Å². The van der Waals surface area contributed by atoms with Crippen molar-refractivity contribution in [2.45, 2.75) is 46.0 Å². The molecule has 1 unspecified atom stereocenters. The maximum absolute atomic E-state index is 3.63. The van der Waals surface area contributed by atoms with E-state index in [4.69, 9.17) is 0 Å². The van der Waals surface area contributed by atoms with Crippen LogP contribution >= 0.6 is 0 Å². The normalized spacial score (nSPS) is 21.9. The molecule has 0 amide bonds. The van der Waals surface area contributed by atoms with Crippen LogP contribution in [-0.2, 0) is 12.8 Å². The van der Waals surface area contributed by atoms with E-state index in [-0.39, 0.29) is 0 Å².